The van der Waals surface area contributed by atoms with Crippen LogP contribution in [0, 0.1) is 20.8 Å². The number of carbonyl (C=O) groups excluding carboxylic acids is 1. The van der Waals surface area contributed by atoms with Gasteiger partial charge in [0.1, 0.15) is 0 Å². The lowest BCUT2D eigenvalue weighted by Gasteiger charge is -2.15. The van der Waals surface area contributed by atoms with Crippen molar-refractivity contribution in [3.05, 3.63) is 91.4 Å². The molecule has 1 aromatic heterocycles. The Kier molecular flexibility index (Phi) is 6.07. The van der Waals surface area contributed by atoms with Crippen molar-refractivity contribution in [2.45, 2.75) is 20.8 Å². The SMILES string of the molecule is Cc1cc(C)c2nc(-c3ccc(Cl)cc3)cc(C(=O)Nc3ccc(Br)c(Cl)c3C)c2c1. The molecule has 0 aliphatic carbocycles. The van der Waals surface area contributed by atoms with Crippen LogP contribution in [-0.2, 0) is 0 Å². The molecular weight excluding hydrogens is 495 g/mol. The highest BCUT2D eigenvalue weighted by atomic mass is 79.9. The van der Waals surface area contributed by atoms with E-state index < -0.39 is 0 Å². The fraction of sp³-hybridized carbons (Fsp3) is 0.120. The molecule has 4 aromatic rings. The smallest absolute Gasteiger partial charge is 0.256 e. The minimum absolute atomic E-state index is 0.214. The summed E-state index contributed by atoms with van der Waals surface area (Å²) >= 11 is 15.8. The fourth-order valence-electron chi connectivity index (χ4n) is 3.61. The Morgan fingerprint density at radius 1 is 0.968 bits per heavy atom. The monoisotopic (exact) mass is 512 g/mol. The van der Waals surface area contributed by atoms with Gasteiger partial charge in [-0.1, -0.05) is 47.0 Å². The highest BCUT2D eigenvalue weighted by Gasteiger charge is 2.17. The quantitative estimate of drug-likeness (QED) is 0.300. The second-order valence-electron chi connectivity index (χ2n) is 7.53. The molecule has 1 N–H and O–H groups in total. The molecular formula is C25H19BrCl2N2O. The van der Waals surface area contributed by atoms with Crippen LogP contribution in [0.3, 0.4) is 0 Å². The van der Waals surface area contributed by atoms with Crippen molar-refractivity contribution in [3.8, 4) is 11.3 Å². The molecule has 4 rings (SSSR count). The van der Waals surface area contributed by atoms with E-state index in [4.69, 9.17) is 28.2 Å². The number of carbonyl (C=O) groups is 1. The van der Waals surface area contributed by atoms with Gasteiger partial charge in [-0.05, 0) is 84.2 Å². The van der Waals surface area contributed by atoms with Crippen molar-refractivity contribution in [2.24, 2.45) is 0 Å². The van der Waals surface area contributed by atoms with Gasteiger partial charge in [-0.3, -0.25) is 4.79 Å². The Morgan fingerprint density at radius 3 is 2.39 bits per heavy atom. The normalized spacial score (nSPS) is 11.0. The third kappa shape index (κ3) is 4.33. The molecule has 1 heterocycles. The first kappa shape index (κ1) is 21.8. The number of hydrogen-bond donors (Lipinski definition) is 1. The van der Waals surface area contributed by atoms with Crippen LogP contribution in [0.25, 0.3) is 22.2 Å². The molecule has 3 aromatic carbocycles. The maximum absolute atomic E-state index is 13.4. The fourth-order valence-corrected chi connectivity index (χ4v) is 4.33. The lowest BCUT2D eigenvalue weighted by molar-refractivity contribution is 0.102. The molecule has 0 radical (unpaired) electrons. The molecule has 0 unspecified atom stereocenters. The molecule has 0 aliphatic heterocycles. The standard InChI is InChI=1S/C25H19BrCl2N2O/c1-13-10-14(2)24-18(11-13)19(12-22(29-24)16-4-6-17(27)7-5-16)25(31)30-21-9-8-20(26)23(28)15(21)3/h4-12H,1-3H3,(H,30,31). The lowest BCUT2D eigenvalue weighted by atomic mass is 9.99. The van der Waals surface area contributed by atoms with Gasteiger partial charge in [0.2, 0.25) is 0 Å². The second-order valence-corrected chi connectivity index (χ2v) is 9.20. The third-order valence-electron chi connectivity index (χ3n) is 5.22. The highest BCUT2D eigenvalue weighted by Crippen LogP contribution is 2.33. The van der Waals surface area contributed by atoms with Crippen molar-refractivity contribution >= 4 is 61.6 Å². The average Bonchev–Trinajstić information content (AvgIpc) is 2.74. The van der Waals surface area contributed by atoms with E-state index >= 15 is 0 Å². The number of anilines is 1. The number of aromatic nitrogens is 1. The highest BCUT2D eigenvalue weighted by molar-refractivity contribution is 9.10. The van der Waals surface area contributed by atoms with Crippen LogP contribution in [0.15, 0.2) is 59.1 Å². The van der Waals surface area contributed by atoms with Crippen LogP contribution in [-0.4, -0.2) is 10.9 Å². The minimum atomic E-state index is -0.214. The zero-order valence-electron chi connectivity index (χ0n) is 17.2. The zero-order chi connectivity index (χ0) is 22.3. The molecule has 1 amide bonds. The van der Waals surface area contributed by atoms with E-state index in [0.29, 0.717) is 27.0 Å². The number of amides is 1. The van der Waals surface area contributed by atoms with Gasteiger partial charge in [0.05, 0.1) is 21.8 Å². The summed E-state index contributed by atoms with van der Waals surface area (Å²) in [6.07, 6.45) is 0. The molecule has 0 fully saturated rings. The number of aryl methyl sites for hydroxylation is 2. The Balaban J connectivity index is 1.88. The predicted molar refractivity (Wildman–Crippen MR) is 134 cm³/mol. The van der Waals surface area contributed by atoms with Crippen LogP contribution in [0.5, 0.6) is 0 Å². The van der Waals surface area contributed by atoms with Crippen molar-refractivity contribution in [3.63, 3.8) is 0 Å². The van der Waals surface area contributed by atoms with E-state index in [1.165, 1.54) is 0 Å². The van der Waals surface area contributed by atoms with Crippen LogP contribution < -0.4 is 5.32 Å². The first-order valence-electron chi connectivity index (χ1n) is 9.68. The Hall–Kier alpha value is -2.40. The molecule has 3 nitrogen and oxygen atoms in total. The second kappa shape index (κ2) is 8.62. The van der Waals surface area contributed by atoms with Gasteiger partial charge in [0.25, 0.3) is 5.91 Å². The molecule has 31 heavy (non-hydrogen) atoms. The summed E-state index contributed by atoms with van der Waals surface area (Å²) in [5.74, 6) is -0.214. The average molecular weight is 514 g/mol. The maximum Gasteiger partial charge on any atom is 0.256 e. The molecule has 0 aliphatic rings. The summed E-state index contributed by atoms with van der Waals surface area (Å²) in [5, 5.41) is 5.06. The number of pyridine rings is 1. The van der Waals surface area contributed by atoms with E-state index in [-0.39, 0.29) is 5.91 Å². The van der Waals surface area contributed by atoms with Crippen LogP contribution >= 0.6 is 39.1 Å². The number of fused-ring (bicyclic) bond motifs is 1. The Labute approximate surface area is 199 Å². The Morgan fingerprint density at radius 2 is 1.68 bits per heavy atom. The van der Waals surface area contributed by atoms with E-state index in [0.717, 1.165) is 37.6 Å². The number of hydrogen-bond acceptors (Lipinski definition) is 2. The summed E-state index contributed by atoms with van der Waals surface area (Å²) in [6, 6.07) is 17.0. The molecule has 0 spiro atoms. The van der Waals surface area contributed by atoms with Gasteiger partial charge in [0, 0.05) is 26.1 Å². The van der Waals surface area contributed by atoms with E-state index in [1.807, 2.05) is 69.3 Å². The number of nitrogens with one attached hydrogen (secondary N) is 1. The summed E-state index contributed by atoms with van der Waals surface area (Å²) < 4.78 is 0.787. The van der Waals surface area contributed by atoms with E-state index in [2.05, 4.69) is 27.3 Å². The zero-order valence-corrected chi connectivity index (χ0v) is 20.3. The molecule has 0 bridgehead atoms. The first-order chi connectivity index (χ1) is 14.7. The van der Waals surface area contributed by atoms with Gasteiger partial charge in [0.15, 0.2) is 0 Å². The predicted octanol–water partition coefficient (Wildman–Crippen LogP) is 8.15. The molecule has 0 saturated heterocycles. The van der Waals surface area contributed by atoms with Gasteiger partial charge in [-0.2, -0.15) is 0 Å². The van der Waals surface area contributed by atoms with Gasteiger partial charge < -0.3 is 5.32 Å². The summed E-state index contributed by atoms with van der Waals surface area (Å²) in [5.41, 5.74) is 6.52. The van der Waals surface area contributed by atoms with E-state index in [1.54, 1.807) is 0 Å². The Bertz CT molecular complexity index is 1330. The molecule has 0 atom stereocenters. The van der Waals surface area contributed by atoms with Crippen molar-refractivity contribution in [1.29, 1.82) is 0 Å². The molecule has 6 heteroatoms. The topological polar surface area (TPSA) is 42.0 Å². The number of rotatable bonds is 3. The number of nitrogens with zero attached hydrogens (tertiary/aromatic N) is 1. The van der Waals surface area contributed by atoms with Crippen LogP contribution in [0.2, 0.25) is 10.0 Å². The van der Waals surface area contributed by atoms with Gasteiger partial charge in [-0.25, -0.2) is 4.98 Å². The summed E-state index contributed by atoms with van der Waals surface area (Å²) in [6.45, 7) is 5.90. The van der Waals surface area contributed by atoms with Crippen LogP contribution in [0.1, 0.15) is 27.0 Å². The lowest BCUT2D eigenvalue weighted by Crippen LogP contribution is -2.14. The van der Waals surface area contributed by atoms with Gasteiger partial charge >= 0.3 is 0 Å². The largest absolute Gasteiger partial charge is 0.322 e. The first-order valence-corrected chi connectivity index (χ1v) is 11.2. The molecule has 156 valence electrons. The number of benzene rings is 3. The summed E-state index contributed by atoms with van der Waals surface area (Å²) in [7, 11) is 0. The van der Waals surface area contributed by atoms with Crippen molar-refractivity contribution < 1.29 is 4.79 Å². The summed E-state index contributed by atoms with van der Waals surface area (Å²) in [4.78, 5) is 18.3. The van der Waals surface area contributed by atoms with Crippen LogP contribution in [0.4, 0.5) is 5.69 Å². The van der Waals surface area contributed by atoms with Crippen molar-refractivity contribution in [1.82, 2.24) is 4.98 Å². The van der Waals surface area contributed by atoms with Crippen molar-refractivity contribution in [2.75, 3.05) is 5.32 Å². The molecule has 0 saturated carbocycles. The van der Waals surface area contributed by atoms with E-state index in [9.17, 15) is 4.79 Å². The minimum Gasteiger partial charge on any atom is -0.322 e. The van der Waals surface area contributed by atoms with Gasteiger partial charge in [-0.15, -0.1) is 0 Å². The maximum atomic E-state index is 13.4. The third-order valence-corrected chi connectivity index (χ3v) is 6.85. The number of halogens is 3.